The Morgan fingerprint density at radius 1 is 1.25 bits per heavy atom. The van der Waals surface area contributed by atoms with Gasteiger partial charge in [-0.2, -0.15) is 18.4 Å². The highest BCUT2D eigenvalue weighted by molar-refractivity contribution is 6.01. The van der Waals surface area contributed by atoms with Crippen LogP contribution in [-0.4, -0.2) is 11.9 Å². The zero-order valence-corrected chi connectivity index (χ0v) is 13.4. The van der Waals surface area contributed by atoms with Crippen molar-refractivity contribution in [3.8, 4) is 6.07 Å². The fourth-order valence-electron chi connectivity index (χ4n) is 2.86. The third-order valence-corrected chi connectivity index (χ3v) is 4.34. The van der Waals surface area contributed by atoms with Gasteiger partial charge in [0.15, 0.2) is 0 Å². The van der Waals surface area contributed by atoms with E-state index in [1.54, 1.807) is 0 Å². The van der Waals surface area contributed by atoms with E-state index in [2.05, 4.69) is 12.2 Å². The number of halogens is 3. The molecule has 1 aliphatic carbocycles. The van der Waals surface area contributed by atoms with Crippen molar-refractivity contribution in [1.29, 1.82) is 5.26 Å². The summed E-state index contributed by atoms with van der Waals surface area (Å²) >= 11 is 0. The number of benzene rings is 1. The summed E-state index contributed by atoms with van der Waals surface area (Å²) in [6.45, 7) is 2.07. The van der Waals surface area contributed by atoms with Crippen molar-refractivity contribution in [2.75, 3.05) is 0 Å². The highest BCUT2D eigenvalue weighted by Gasteiger charge is 2.30. The zero-order chi connectivity index (χ0) is 17.7. The second-order valence-corrected chi connectivity index (χ2v) is 6.13. The Bertz CT molecular complexity index is 656. The third kappa shape index (κ3) is 4.60. The lowest BCUT2D eigenvalue weighted by Crippen LogP contribution is -2.41. The average Bonchev–Trinajstić information content (AvgIpc) is 2.54. The SMILES string of the molecule is CC1CCCCC1NC(=O)/C(C#N)=C/c1ccc(C(F)(F)F)cc1. The topological polar surface area (TPSA) is 52.9 Å². The molecule has 1 N–H and O–H groups in total. The van der Waals surface area contributed by atoms with Gasteiger partial charge in [-0.15, -0.1) is 0 Å². The number of hydrogen-bond donors (Lipinski definition) is 1. The number of carbonyl (C=O) groups excluding carboxylic acids is 1. The monoisotopic (exact) mass is 336 g/mol. The fourth-order valence-corrected chi connectivity index (χ4v) is 2.86. The highest BCUT2D eigenvalue weighted by atomic mass is 19.4. The van der Waals surface area contributed by atoms with Crippen LogP contribution in [0.2, 0.25) is 0 Å². The third-order valence-electron chi connectivity index (χ3n) is 4.34. The number of carbonyl (C=O) groups is 1. The Hall–Kier alpha value is -2.29. The van der Waals surface area contributed by atoms with Crippen LogP contribution in [-0.2, 0) is 11.0 Å². The van der Waals surface area contributed by atoms with Gasteiger partial charge in [0, 0.05) is 6.04 Å². The molecule has 1 aromatic carbocycles. The van der Waals surface area contributed by atoms with Crippen LogP contribution in [0.3, 0.4) is 0 Å². The molecule has 1 aromatic rings. The molecule has 128 valence electrons. The Morgan fingerprint density at radius 2 is 1.88 bits per heavy atom. The van der Waals surface area contributed by atoms with Gasteiger partial charge in [-0.1, -0.05) is 31.9 Å². The Balaban J connectivity index is 2.11. The molecule has 0 heterocycles. The van der Waals surface area contributed by atoms with Crippen molar-refractivity contribution in [1.82, 2.24) is 5.32 Å². The first-order valence-corrected chi connectivity index (χ1v) is 7.91. The molecule has 2 unspecified atom stereocenters. The molecule has 0 bridgehead atoms. The van der Waals surface area contributed by atoms with E-state index in [1.807, 2.05) is 6.07 Å². The summed E-state index contributed by atoms with van der Waals surface area (Å²) < 4.78 is 37.6. The highest BCUT2D eigenvalue weighted by Crippen LogP contribution is 2.29. The number of nitriles is 1. The van der Waals surface area contributed by atoms with Gasteiger partial charge in [-0.3, -0.25) is 4.79 Å². The molecule has 0 saturated heterocycles. The lowest BCUT2D eigenvalue weighted by Gasteiger charge is -2.29. The summed E-state index contributed by atoms with van der Waals surface area (Å²) in [5, 5.41) is 12.0. The smallest absolute Gasteiger partial charge is 0.348 e. The van der Waals surface area contributed by atoms with Crippen LogP contribution in [0.1, 0.15) is 43.7 Å². The number of hydrogen-bond acceptors (Lipinski definition) is 2. The molecule has 0 aliphatic heterocycles. The van der Waals surface area contributed by atoms with E-state index < -0.39 is 17.6 Å². The molecule has 6 heteroatoms. The Morgan fingerprint density at radius 3 is 2.42 bits per heavy atom. The van der Waals surface area contributed by atoms with Crippen LogP contribution >= 0.6 is 0 Å². The van der Waals surface area contributed by atoms with E-state index in [-0.39, 0.29) is 11.6 Å². The maximum atomic E-state index is 12.5. The first-order chi connectivity index (χ1) is 11.3. The molecule has 1 aliphatic rings. The molecule has 24 heavy (non-hydrogen) atoms. The van der Waals surface area contributed by atoms with E-state index in [4.69, 9.17) is 0 Å². The number of nitrogens with one attached hydrogen (secondary N) is 1. The van der Waals surface area contributed by atoms with Gasteiger partial charge in [0.05, 0.1) is 5.56 Å². The van der Waals surface area contributed by atoms with Gasteiger partial charge in [-0.05, 0) is 42.5 Å². The summed E-state index contributed by atoms with van der Waals surface area (Å²) in [4.78, 5) is 12.2. The quantitative estimate of drug-likeness (QED) is 0.661. The van der Waals surface area contributed by atoms with Crippen molar-refractivity contribution in [3.63, 3.8) is 0 Å². The van der Waals surface area contributed by atoms with Crippen LogP contribution in [0, 0.1) is 17.2 Å². The van der Waals surface area contributed by atoms with Gasteiger partial charge in [0.1, 0.15) is 11.6 Å². The van der Waals surface area contributed by atoms with Crippen molar-refractivity contribution < 1.29 is 18.0 Å². The van der Waals surface area contributed by atoms with Crippen LogP contribution < -0.4 is 5.32 Å². The summed E-state index contributed by atoms with van der Waals surface area (Å²) in [6.07, 6.45) is 0.999. The molecule has 0 spiro atoms. The molecule has 3 nitrogen and oxygen atoms in total. The van der Waals surface area contributed by atoms with Crippen molar-refractivity contribution >= 4 is 12.0 Å². The summed E-state index contributed by atoms with van der Waals surface area (Å²) in [5.74, 6) is -0.121. The summed E-state index contributed by atoms with van der Waals surface area (Å²) in [6, 6.07) is 6.22. The number of amides is 1. The van der Waals surface area contributed by atoms with Crippen LogP contribution in [0.15, 0.2) is 29.8 Å². The minimum Gasteiger partial charge on any atom is -0.348 e. The largest absolute Gasteiger partial charge is 0.416 e. The lowest BCUT2D eigenvalue weighted by atomic mass is 9.86. The van der Waals surface area contributed by atoms with Gasteiger partial charge in [0.25, 0.3) is 5.91 Å². The van der Waals surface area contributed by atoms with Gasteiger partial charge < -0.3 is 5.32 Å². The summed E-state index contributed by atoms with van der Waals surface area (Å²) in [7, 11) is 0. The molecular weight excluding hydrogens is 317 g/mol. The molecule has 2 rings (SSSR count). The fraction of sp³-hybridized carbons (Fsp3) is 0.444. The van der Waals surface area contributed by atoms with E-state index in [0.29, 0.717) is 11.5 Å². The number of rotatable bonds is 3. The van der Waals surface area contributed by atoms with Gasteiger partial charge >= 0.3 is 6.18 Å². The van der Waals surface area contributed by atoms with Crippen LogP contribution in [0.25, 0.3) is 6.08 Å². The van der Waals surface area contributed by atoms with Crippen molar-refractivity contribution in [3.05, 3.63) is 41.0 Å². The van der Waals surface area contributed by atoms with E-state index in [0.717, 1.165) is 37.8 Å². The van der Waals surface area contributed by atoms with Gasteiger partial charge in [0.2, 0.25) is 0 Å². The zero-order valence-electron chi connectivity index (χ0n) is 13.4. The van der Waals surface area contributed by atoms with Crippen LogP contribution in [0.4, 0.5) is 13.2 Å². The van der Waals surface area contributed by atoms with E-state index in [1.165, 1.54) is 18.2 Å². The first-order valence-electron chi connectivity index (χ1n) is 7.91. The van der Waals surface area contributed by atoms with Gasteiger partial charge in [-0.25, -0.2) is 0 Å². The van der Waals surface area contributed by atoms with Crippen molar-refractivity contribution in [2.24, 2.45) is 5.92 Å². The predicted octanol–water partition coefficient (Wildman–Crippen LogP) is 4.31. The predicted molar refractivity (Wildman–Crippen MR) is 84.6 cm³/mol. The normalized spacial score (nSPS) is 21.9. The Kier molecular flexibility index (Phi) is 5.66. The minimum atomic E-state index is -4.41. The average molecular weight is 336 g/mol. The molecule has 1 saturated carbocycles. The minimum absolute atomic E-state index is 0.0376. The summed E-state index contributed by atoms with van der Waals surface area (Å²) in [5.41, 5.74) is -0.488. The maximum absolute atomic E-state index is 12.5. The molecule has 0 radical (unpaired) electrons. The molecular formula is C18H19F3N2O. The molecule has 1 amide bonds. The molecule has 2 atom stereocenters. The van der Waals surface area contributed by atoms with E-state index in [9.17, 15) is 23.2 Å². The first kappa shape index (κ1) is 18.1. The maximum Gasteiger partial charge on any atom is 0.416 e. The second-order valence-electron chi connectivity index (χ2n) is 6.13. The second kappa shape index (κ2) is 7.52. The van der Waals surface area contributed by atoms with Crippen LogP contribution in [0.5, 0.6) is 0 Å². The molecule has 1 fully saturated rings. The lowest BCUT2D eigenvalue weighted by molar-refractivity contribution is -0.137. The number of nitrogens with zero attached hydrogens (tertiary/aromatic N) is 1. The van der Waals surface area contributed by atoms with E-state index >= 15 is 0 Å². The molecule has 0 aromatic heterocycles. The Labute approximate surface area is 139 Å². The standard InChI is InChI=1S/C18H19F3N2O/c1-12-4-2-3-5-16(12)23-17(24)14(11-22)10-13-6-8-15(9-7-13)18(19,20)21/h6-10,12,16H,2-5H2,1H3,(H,23,24)/b14-10+. The number of alkyl halides is 3. The van der Waals surface area contributed by atoms with Crippen molar-refractivity contribution in [2.45, 2.75) is 44.8 Å².